The van der Waals surface area contributed by atoms with Gasteiger partial charge < -0.3 is 22.3 Å². The van der Waals surface area contributed by atoms with Gasteiger partial charge in [0.05, 0.1) is 12.6 Å². The van der Waals surface area contributed by atoms with Crippen molar-refractivity contribution in [1.82, 2.24) is 10.3 Å². The fourth-order valence-electron chi connectivity index (χ4n) is 2.08. The summed E-state index contributed by atoms with van der Waals surface area (Å²) < 4.78 is 5.33. The average molecular weight is 533 g/mol. The molecule has 0 saturated heterocycles. The first kappa shape index (κ1) is 38.0. The maximum atomic E-state index is 10.8. The van der Waals surface area contributed by atoms with Crippen LogP contribution in [0.4, 0.5) is 5.82 Å². The standard InChI is InChI=1S/C8H9N2O.C8H15NO.C4H4S.C2H6.C2H5.B.Y/c1-6-2-3-7-8(10-6)9-4-5-11-7;1-5-8(7(4)10)9-6(2)3;1-2-4-5-3-1;2*1-2;;/h2-3H,1,4-5H2,(H,9,10);8-9H,2,5H2,1,3-4H3;1-4H;1-2H3;1H2,2H3;;/q-1;;;;-1;;/t;8-;;;;;/m.0...../s1. The third-order valence-corrected chi connectivity index (χ3v) is 3.94. The van der Waals surface area contributed by atoms with E-state index in [1.165, 1.54) is 0 Å². The number of fused-ring (bicyclic) bond motifs is 1. The second-order valence-electron chi connectivity index (χ2n) is 5.71. The second kappa shape index (κ2) is 26.0. The SMILES string of the molecule is C=C(C)N[C@@H](CC)C(C)=O.CC.[B].[CH2-]C.[CH2-]c1ccc2c(n1)NCCO2.[Y].c1ccsc1. The van der Waals surface area contributed by atoms with Crippen LogP contribution in [0.5, 0.6) is 5.75 Å². The first-order valence-corrected chi connectivity index (χ1v) is 11.2. The van der Waals surface area contributed by atoms with Crippen molar-refractivity contribution in [3.8, 4) is 5.75 Å². The Hall–Kier alpha value is -1.30. The molecular formula is C24H39BN3O2SY-2. The van der Waals surface area contributed by atoms with E-state index < -0.39 is 0 Å². The number of allylic oxidation sites excluding steroid dienone is 1. The van der Waals surface area contributed by atoms with Gasteiger partial charge in [-0.05, 0) is 31.0 Å². The van der Waals surface area contributed by atoms with Crippen molar-refractivity contribution in [3.05, 3.63) is 66.8 Å². The Labute approximate surface area is 227 Å². The number of Topliss-reactive ketones (excluding diaryl/α,β-unsaturated/α-hetero) is 1. The van der Waals surface area contributed by atoms with Crippen molar-refractivity contribution >= 4 is 31.4 Å². The number of aromatic nitrogens is 1. The zero-order valence-electron chi connectivity index (χ0n) is 20.6. The van der Waals surface area contributed by atoms with Gasteiger partial charge in [-0.3, -0.25) is 9.78 Å². The van der Waals surface area contributed by atoms with Crippen LogP contribution in [0.2, 0.25) is 0 Å². The fourth-order valence-corrected chi connectivity index (χ4v) is 2.53. The summed E-state index contributed by atoms with van der Waals surface area (Å²) in [4.78, 5) is 15.0. The monoisotopic (exact) mass is 533 g/mol. The fraction of sp³-hybridized carbons (Fsp3) is 0.417. The summed E-state index contributed by atoms with van der Waals surface area (Å²) in [5, 5.41) is 10.2. The molecule has 0 spiro atoms. The third kappa shape index (κ3) is 19.4. The molecule has 8 heteroatoms. The molecule has 3 heterocycles. The maximum absolute atomic E-state index is 10.8. The third-order valence-electron chi connectivity index (χ3n) is 3.31. The summed E-state index contributed by atoms with van der Waals surface area (Å²) in [5.41, 5.74) is 1.61. The number of nitrogens with zero attached hydrogens (tertiary/aromatic N) is 1. The zero-order valence-corrected chi connectivity index (χ0v) is 24.3. The van der Waals surface area contributed by atoms with Crippen LogP contribution in [0.3, 0.4) is 0 Å². The van der Waals surface area contributed by atoms with E-state index in [9.17, 15) is 4.79 Å². The summed E-state index contributed by atoms with van der Waals surface area (Å²) in [5.74, 6) is 1.80. The Morgan fingerprint density at radius 3 is 2.22 bits per heavy atom. The van der Waals surface area contributed by atoms with Crippen molar-refractivity contribution in [3.63, 3.8) is 0 Å². The molecule has 3 rings (SSSR count). The van der Waals surface area contributed by atoms with Crippen LogP contribution in [-0.4, -0.2) is 38.4 Å². The number of carbonyl (C=O) groups is 1. The van der Waals surface area contributed by atoms with Crippen LogP contribution in [0.1, 0.15) is 53.7 Å². The normalized spacial score (nSPS) is 10.5. The number of ketones is 1. The molecule has 176 valence electrons. The summed E-state index contributed by atoms with van der Waals surface area (Å²) in [6.07, 6.45) is 0.822. The van der Waals surface area contributed by atoms with Crippen LogP contribution >= 0.6 is 11.3 Å². The van der Waals surface area contributed by atoms with E-state index in [0.29, 0.717) is 6.61 Å². The molecule has 32 heavy (non-hydrogen) atoms. The molecule has 5 nitrogen and oxygen atoms in total. The first-order valence-electron chi connectivity index (χ1n) is 10.2. The number of carbonyl (C=O) groups excluding carboxylic acids is 1. The quantitative estimate of drug-likeness (QED) is 0.386. The number of hydrogen-bond acceptors (Lipinski definition) is 6. The van der Waals surface area contributed by atoms with Crippen LogP contribution in [0.15, 0.2) is 47.3 Å². The van der Waals surface area contributed by atoms with Gasteiger partial charge in [0, 0.05) is 46.8 Å². The van der Waals surface area contributed by atoms with E-state index in [2.05, 4.69) is 36.0 Å². The molecular weight excluding hydrogens is 494 g/mol. The predicted molar refractivity (Wildman–Crippen MR) is 138 cm³/mol. The van der Waals surface area contributed by atoms with Gasteiger partial charge in [-0.1, -0.05) is 51.2 Å². The summed E-state index contributed by atoms with van der Waals surface area (Å²) in [6.45, 7) is 23.3. The van der Waals surface area contributed by atoms with E-state index in [1.807, 2.05) is 62.7 Å². The Balaban J connectivity index is -0.000000173. The van der Waals surface area contributed by atoms with Gasteiger partial charge in [0.1, 0.15) is 12.4 Å². The minimum atomic E-state index is -0.0440. The minimum absolute atomic E-state index is 0. The summed E-state index contributed by atoms with van der Waals surface area (Å²) >= 11 is 1.71. The molecule has 2 aromatic heterocycles. The van der Waals surface area contributed by atoms with Crippen molar-refractivity contribution in [2.24, 2.45) is 0 Å². The molecule has 0 fully saturated rings. The van der Waals surface area contributed by atoms with Crippen molar-refractivity contribution in [2.75, 3.05) is 18.5 Å². The minimum Gasteiger partial charge on any atom is -0.489 e. The van der Waals surface area contributed by atoms with Crippen LogP contribution < -0.4 is 15.4 Å². The predicted octanol–water partition coefficient (Wildman–Crippen LogP) is 5.78. The molecule has 0 aliphatic carbocycles. The summed E-state index contributed by atoms with van der Waals surface area (Å²) in [7, 11) is 0. The molecule has 4 radical (unpaired) electrons. The molecule has 1 aliphatic heterocycles. The number of thiophene rings is 1. The van der Waals surface area contributed by atoms with E-state index in [1.54, 1.807) is 25.2 Å². The molecule has 2 N–H and O–H groups in total. The van der Waals surface area contributed by atoms with Gasteiger partial charge in [-0.2, -0.15) is 24.3 Å². The van der Waals surface area contributed by atoms with Crippen LogP contribution in [0, 0.1) is 13.8 Å². The molecule has 0 unspecified atom stereocenters. The number of rotatable bonds is 4. The van der Waals surface area contributed by atoms with E-state index >= 15 is 0 Å². The first-order chi connectivity index (χ1) is 14.4. The van der Waals surface area contributed by atoms with Crippen molar-refractivity contribution in [1.29, 1.82) is 0 Å². The summed E-state index contributed by atoms with van der Waals surface area (Å²) in [6, 6.07) is 7.72. The maximum Gasteiger partial charge on any atom is 0.164 e. The number of pyridine rings is 1. The Bertz CT molecular complexity index is 669. The second-order valence-corrected chi connectivity index (χ2v) is 6.53. The average Bonchev–Trinajstić information content (AvgIpc) is 3.35. The molecule has 0 saturated carbocycles. The van der Waals surface area contributed by atoms with Crippen molar-refractivity contribution < 1.29 is 42.2 Å². The Kier molecular flexibility index (Phi) is 30.8. The van der Waals surface area contributed by atoms with Gasteiger partial charge in [0.15, 0.2) is 11.6 Å². The largest absolute Gasteiger partial charge is 0.489 e. The van der Waals surface area contributed by atoms with Crippen molar-refractivity contribution in [2.45, 2.75) is 54.0 Å². The van der Waals surface area contributed by atoms with E-state index in [0.717, 1.165) is 35.9 Å². The molecule has 1 aliphatic rings. The smallest absolute Gasteiger partial charge is 0.164 e. The molecule has 0 amide bonds. The number of anilines is 1. The molecule has 0 aromatic carbocycles. The van der Waals surface area contributed by atoms with Gasteiger partial charge in [0.2, 0.25) is 0 Å². The molecule has 0 bridgehead atoms. The van der Waals surface area contributed by atoms with Gasteiger partial charge in [-0.15, -0.1) is 0 Å². The van der Waals surface area contributed by atoms with E-state index in [-0.39, 0.29) is 52.9 Å². The Morgan fingerprint density at radius 1 is 1.28 bits per heavy atom. The Morgan fingerprint density at radius 2 is 1.84 bits per heavy atom. The topological polar surface area (TPSA) is 63.2 Å². The molecule has 2 aromatic rings. The van der Waals surface area contributed by atoms with Crippen LogP contribution in [0.25, 0.3) is 0 Å². The van der Waals surface area contributed by atoms with Gasteiger partial charge in [-0.25, -0.2) is 6.92 Å². The number of nitrogens with one attached hydrogen (secondary N) is 2. The van der Waals surface area contributed by atoms with E-state index in [4.69, 9.17) is 4.74 Å². The van der Waals surface area contributed by atoms with Crippen LogP contribution in [-0.2, 0) is 37.5 Å². The zero-order chi connectivity index (χ0) is 23.4. The molecule has 1 atom stereocenters. The number of hydrogen-bond donors (Lipinski definition) is 2. The van der Waals surface area contributed by atoms with Gasteiger partial charge >= 0.3 is 0 Å². The van der Waals surface area contributed by atoms with Gasteiger partial charge in [0.25, 0.3) is 0 Å². The number of ether oxygens (including phenoxy) is 1.